The molecule has 0 aliphatic heterocycles. The van der Waals surface area contributed by atoms with E-state index in [1.807, 2.05) is 48.7 Å². The minimum atomic E-state index is -0.124. The minimum absolute atomic E-state index is 0.124. The fourth-order valence-electron chi connectivity index (χ4n) is 3.52. The van der Waals surface area contributed by atoms with E-state index >= 15 is 0 Å². The molecule has 0 amide bonds. The third kappa shape index (κ3) is 3.71. The van der Waals surface area contributed by atoms with E-state index < -0.39 is 0 Å². The number of benzene rings is 2. The van der Waals surface area contributed by atoms with Gasteiger partial charge in [-0.3, -0.25) is 0 Å². The molecule has 2 aromatic carbocycles. The largest absolute Gasteiger partial charge is 0.497 e. The van der Waals surface area contributed by atoms with Crippen LogP contribution in [0, 0.1) is 0 Å². The van der Waals surface area contributed by atoms with Crippen LogP contribution in [0.4, 0.5) is 0 Å². The first-order valence-corrected chi connectivity index (χ1v) is 10.7. The number of hydrogen-bond donors (Lipinski definition) is 1. The number of aromatic nitrogens is 3. The van der Waals surface area contributed by atoms with Crippen molar-refractivity contribution in [1.82, 2.24) is 14.5 Å². The molecule has 0 fully saturated rings. The molecule has 0 unspecified atom stereocenters. The number of ether oxygens (including phenoxy) is 1. The molecule has 29 heavy (non-hydrogen) atoms. The maximum atomic E-state index is 10.3. The van der Waals surface area contributed by atoms with E-state index in [0.29, 0.717) is 16.7 Å². The zero-order valence-corrected chi connectivity index (χ0v) is 17.7. The second-order valence-corrected chi connectivity index (χ2v) is 7.68. The van der Waals surface area contributed by atoms with Crippen molar-refractivity contribution in [2.24, 2.45) is 0 Å². The summed E-state index contributed by atoms with van der Waals surface area (Å²) in [6.45, 7) is 0.407. The van der Waals surface area contributed by atoms with Crippen molar-refractivity contribution in [3.8, 4) is 16.9 Å². The third-order valence-electron chi connectivity index (χ3n) is 4.91. The maximum Gasteiger partial charge on any atom is 0.187 e. The molecule has 0 atom stereocenters. The second-order valence-electron chi connectivity index (χ2n) is 6.50. The lowest BCUT2D eigenvalue weighted by Crippen LogP contribution is -2.06. The molecule has 0 saturated carbocycles. The Morgan fingerprint density at radius 2 is 1.90 bits per heavy atom. The molecule has 5 nitrogen and oxygen atoms in total. The number of nitrogens with zero attached hydrogens (tertiary/aromatic N) is 3. The van der Waals surface area contributed by atoms with Crippen molar-refractivity contribution in [3.63, 3.8) is 0 Å². The minimum Gasteiger partial charge on any atom is -0.497 e. The monoisotopic (exact) mass is 425 g/mol. The van der Waals surface area contributed by atoms with Gasteiger partial charge in [0, 0.05) is 46.5 Å². The van der Waals surface area contributed by atoms with Crippen LogP contribution in [0.3, 0.4) is 0 Å². The van der Waals surface area contributed by atoms with Crippen molar-refractivity contribution in [2.45, 2.75) is 18.3 Å². The van der Waals surface area contributed by atoms with Crippen LogP contribution in [0.5, 0.6) is 5.75 Å². The van der Waals surface area contributed by atoms with Gasteiger partial charge in [0.05, 0.1) is 24.9 Å². The van der Waals surface area contributed by atoms with Crippen molar-refractivity contribution >= 4 is 34.3 Å². The molecule has 4 rings (SSSR count). The number of aliphatic hydroxyl groups is 1. The van der Waals surface area contributed by atoms with Crippen LogP contribution in [-0.4, -0.2) is 33.0 Å². The molecule has 2 aromatic heterocycles. The summed E-state index contributed by atoms with van der Waals surface area (Å²) >= 11 is 7.91. The molecule has 0 bridgehead atoms. The highest BCUT2D eigenvalue weighted by Crippen LogP contribution is 2.37. The number of rotatable bonds is 6. The molecule has 4 aromatic rings. The van der Waals surface area contributed by atoms with Crippen LogP contribution in [0.2, 0.25) is 5.02 Å². The summed E-state index contributed by atoms with van der Waals surface area (Å²) in [5.74, 6) is 0.750. The summed E-state index contributed by atoms with van der Waals surface area (Å²) in [6.07, 6.45) is 5.55. The summed E-state index contributed by atoms with van der Waals surface area (Å²) in [6, 6.07) is 13.6. The first-order chi connectivity index (χ1) is 14.2. The smallest absolute Gasteiger partial charge is 0.187 e. The van der Waals surface area contributed by atoms with E-state index in [4.69, 9.17) is 16.3 Å². The van der Waals surface area contributed by atoms with E-state index in [0.717, 1.165) is 39.0 Å². The first kappa shape index (κ1) is 19.8. The van der Waals surface area contributed by atoms with E-state index in [1.54, 1.807) is 19.5 Å². The Bertz CT molecular complexity index is 1160. The number of hydrogen-bond acceptors (Lipinski definition) is 5. The summed E-state index contributed by atoms with van der Waals surface area (Å²) in [4.78, 5) is 8.82. The Kier molecular flexibility index (Phi) is 5.76. The quantitative estimate of drug-likeness (QED) is 0.347. The first-order valence-electron chi connectivity index (χ1n) is 9.06. The molecule has 7 heteroatoms. The predicted octanol–water partition coefficient (Wildman–Crippen LogP) is 5.02. The molecule has 148 valence electrons. The van der Waals surface area contributed by atoms with Gasteiger partial charge >= 0.3 is 0 Å². The summed E-state index contributed by atoms with van der Waals surface area (Å²) in [7, 11) is 1.64. The van der Waals surface area contributed by atoms with Crippen LogP contribution >= 0.6 is 23.4 Å². The van der Waals surface area contributed by atoms with Gasteiger partial charge in [0.15, 0.2) is 5.16 Å². The summed E-state index contributed by atoms with van der Waals surface area (Å²) < 4.78 is 7.52. The second kappa shape index (κ2) is 8.45. The van der Waals surface area contributed by atoms with E-state index in [9.17, 15) is 5.11 Å². The van der Waals surface area contributed by atoms with Gasteiger partial charge in [-0.05, 0) is 30.0 Å². The van der Waals surface area contributed by atoms with E-state index in [1.165, 1.54) is 11.8 Å². The Hall–Kier alpha value is -2.54. The third-order valence-corrected chi connectivity index (χ3v) is 5.86. The molecule has 2 heterocycles. The number of halogens is 1. The Morgan fingerprint density at radius 3 is 2.55 bits per heavy atom. The maximum absolute atomic E-state index is 10.3. The van der Waals surface area contributed by atoms with Gasteiger partial charge in [0.25, 0.3) is 0 Å². The van der Waals surface area contributed by atoms with Crippen molar-refractivity contribution in [2.75, 3.05) is 13.4 Å². The number of thioether (sulfide) groups is 1. The Morgan fingerprint density at radius 1 is 1.14 bits per heavy atom. The topological polar surface area (TPSA) is 60.2 Å². The fraction of sp³-hybridized carbons (Fsp3) is 0.182. The van der Waals surface area contributed by atoms with Crippen LogP contribution in [0.15, 0.2) is 60.0 Å². The number of methoxy groups -OCH3 is 1. The average molecular weight is 426 g/mol. The highest BCUT2D eigenvalue weighted by molar-refractivity contribution is 7.98. The van der Waals surface area contributed by atoms with Crippen LogP contribution in [0.1, 0.15) is 11.3 Å². The van der Waals surface area contributed by atoms with E-state index in [2.05, 4.69) is 14.5 Å². The van der Waals surface area contributed by atoms with Crippen LogP contribution < -0.4 is 4.74 Å². The molecular formula is C22H20ClN3O2S. The van der Waals surface area contributed by atoms with Crippen LogP contribution in [0.25, 0.3) is 22.0 Å². The standard InChI is InChI=1S/C22H20ClN3O2S/c1-28-16-7-8-17-19(9-16)26(12-14-5-3-4-6-18(14)23)20(13-27)21(17)15-10-24-22(29-2)25-11-15/h3-11,27H,12-13H2,1-2H3. The van der Waals surface area contributed by atoms with Gasteiger partial charge in [-0.25, -0.2) is 9.97 Å². The zero-order valence-electron chi connectivity index (χ0n) is 16.1. The molecule has 0 aliphatic rings. The number of aliphatic hydroxyl groups excluding tert-OH is 1. The molecule has 0 aliphatic carbocycles. The highest BCUT2D eigenvalue weighted by Gasteiger charge is 2.20. The zero-order chi connectivity index (χ0) is 20.4. The normalized spacial score (nSPS) is 11.2. The highest BCUT2D eigenvalue weighted by atomic mass is 35.5. The van der Waals surface area contributed by atoms with Gasteiger partial charge < -0.3 is 14.4 Å². The average Bonchev–Trinajstić information content (AvgIpc) is 3.07. The van der Waals surface area contributed by atoms with Crippen molar-refractivity contribution < 1.29 is 9.84 Å². The Labute approximate surface area is 178 Å². The molecule has 0 radical (unpaired) electrons. The van der Waals surface area contributed by atoms with Gasteiger partial charge in [0.2, 0.25) is 0 Å². The van der Waals surface area contributed by atoms with Crippen molar-refractivity contribution in [3.05, 3.63) is 71.1 Å². The lowest BCUT2D eigenvalue weighted by molar-refractivity contribution is 0.273. The Balaban J connectivity index is 1.96. The molecule has 0 saturated heterocycles. The lowest BCUT2D eigenvalue weighted by Gasteiger charge is -2.12. The molecule has 1 N–H and O–H groups in total. The fourth-order valence-corrected chi connectivity index (χ4v) is 4.04. The SMILES string of the molecule is COc1ccc2c(-c3cnc(SC)nc3)c(CO)n(Cc3ccccc3Cl)c2c1. The predicted molar refractivity (Wildman–Crippen MR) is 118 cm³/mol. The summed E-state index contributed by atoms with van der Waals surface area (Å²) in [5.41, 5.74) is 4.50. The molecular weight excluding hydrogens is 406 g/mol. The van der Waals surface area contributed by atoms with E-state index in [-0.39, 0.29) is 6.61 Å². The van der Waals surface area contributed by atoms with Crippen LogP contribution in [-0.2, 0) is 13.2 Å². The van der Waals surface area contributed by atoms with Crippen molar-refractivity contribution in [1.29, 1.82) is 0 Å². The molecule has 0 spiro atoms. The lowest BCUT2D eigenvalue weighted by atomic mass is 10.0. The van der Waals surface area contributed by atoms with Gasteiger partial charge in [-0.15, -0.1) is 0 Å². The van der Waals surface area contributed by atoms with Gasteiger partial charge in [-0.1, -0.05) is 41.6 Å². The number of fused-ring (bicyclic) bond motifs is 1. The summed E-state index contributed by atoms with van der Waals surface area (Å²) in [5, 5.41) is 12.7. The van der Waals surface area contributed by atoms with Gasteiger partial charge in [0.1, 0.15) is 5.75 Å². The van der Waals surface area contributed by atoms with Gasteiger partial charge in [-0.2, -0.15) is 0 Å².